The maximum absolute atomic E-state index is 13.1. The smallest absolute Gasteiger partial charge is 0.343 e. The van der Waals surface area contributed by atoms with Crippen LogP contribution < -0.4 is 5.32 Å². The van der Waals surface area contributed by atoms with Gasteiger partial charge in [0.15, 0.2) is 0 Å². The van der Waals surface area contributed by atoms with Gasteiger partial charge in [0.05, 0.1) is 5.56 Å². The van der Waals surface area contributed by atoms with Gasteiger partial charge in [0.25, 0.3) is 0 Å². The van der Waals surface area contributed by atoms with Gasteiger partial charge in [-0.05, 0) is 49.4 Å². The first-order chi connectivity index (χ1) is 11.8. The molecule has 1 fully saturated rings. The van der Waals surface area contributed by atoms with Crippen LogP contribution in [-0.4, -0.2) is 37.0 Å². The van der Waals surface area contributed by atoms with Crippen molar-refractivity contribution in [2.75, 3.05) is 26.2 Å². The molecule has 0 spiro atoms. The first-order valence-electron chi connectivity index (χ1n) is 8.97. The minimum Gasteiger partial charge on any atom is -0.343 e. The topological polar surface area (TPSA) is 32.3 Å². The first kappa shape index (κ1) is 19.8. The summed E-state index contributed by atoms with van der Waals surface area (Å²) in [5.41, 5.74) is -0.440. The van der Waals surface area contributed by atoms with E-state index in [2.05, 4.69) is 12.2 Å². The van der Waals surface area contributed by atoms with E-state index in [4.69, 9.17) is 0 Å². The number of nitrogens with zero attached hydrogens (tertiary/aromatic N) is 1. The van der Waals surface area contributed by atoms with Crippen LogP contribution in [0.15, 0.2) is 24.3 Å². The Labute approximate surface area is 147 Å². The van der Waals surface area contributed by atoms with Gasteiger partial charge in [-0.2, -0.15) is 13.2 Å². The monoisotopic (exact) mass is 356 g/mol. The fourth-order valence-corrected chi connectivity index (χ4v) is 3.42. The molecular weight excluding hydrogens is 329 g/mol. The second-order valence-electron chi connectivity index (χ2n) is 6.82. The molecule has 0 aromatic heterocycles. The molecule has 2 rings (SSSR count). The van der Waals surface area contributed by atoms with Gasteiger partial charge >= 0.3 is 6.18 Å². The van der Waals surface area contributed by atoms with Crippen molar-refractivity contribution in [3.05, 3.63) is 35.4 Å². The second-order valence-corrected chi connectivity index (χ2v) is 6.82. The standard InChI is InChI=1S/C19H27F3N2O/c1-3-23-13-15-8-10-24(11-9-15)18(25)12-14(2)16-6-4-5-7-17(16)19(20,21)22/h4-7,14-15,23H,3,8-13H2,1-2H3. The van der Waals surface area contributed by atoms with Gasteiger partial charge < -0.3 is 10.2 Å². The number of carbonyl (C=O) groups is 1. The zero-order valence-corrected chi connectivity index (χ0v) is 14.9. The molecule has 1 aliphatic heterocycles. The lowest BCUT2D eigenvalue weighted by Gasteiger charge is -2.33. The summed E-state index contributed by atoms with van der Waals surface area (Å²) in [4.78, 5) is 14.3. The molecule has 140 valence electrons. The number of nitrogens with one attached hydrogen (secondary N) is 1. The summed E-state index contributed by atoms with van der Waals surface area (Å²) >= 11 is 0. The van der Waals surface area contributed by atoms with Crippen molar-refractivity contribution in [2.45, 2.75) is 45.2 Å². The molecule has 0 aliphatic carbocycles. The Bertz CT molecular complexity index is 566. The summed E-state index contributed by atoms with van der Waals surface area (Å²) in [6, 6.07) is 5.54. The van der Waals surface area contributed by atoms with E-state index in [1.54, 1.807) is 17.9 Å². The van der Waals surface area contributed by atoms with Crippen LogP contribution in [0.25, 0.3) is 0 Å². The van der Waals surface area contributed by atoms with Gasteiger partial charge in [-0.15, -0.1) is 0 Å². The third kappa shape index (κ3) is 5.46. The fourth-order valence-electron chi connectivity index (χ4n) is 3.42. The predicted molar refractivity (Wildman–Crippen MR) is 92.3 cm³/mol. The zero-order valence-electron chi connectivity index (χ0n) is 14.9. The van der Waals surface area contributed by atoms with Crippen LogP contribution in [0.3, 0.4) is 0 Å². The number of hydrogen-bond donors (Lipinski definition) is 1. The maximum Gasteiger partial charge on any atom is 0.416 e. The second kappa shape index (κ2) is 8.70. The van der Waals surface area contributed by atoms with Gasteiger partial charge in [-0.3, -0.25) is 4.79 Å². The molecule has 6 heteroatoms. The number of piperidine rings is 1. The van der Waals surface area contributed by atoms with Crippen molar-refractivity contribution in [1.29, 1.82) is 0 Å². The molecular formula is C19H27F3N2O. The van der Waals surface area contributed by atoms with Crippen molar-refractivity contribution in [3.63, 3.8) is 0 Å². The van der Waals surface area contributed by atoms with Crippen LogP contribution in [0.4, 0.5) is 13.2 Å². The Morgan fingerprint density at radius 2 is 1.92 bits per heavy atom. The Balaban J connectivity index is 1.93. The van der Waals surface area contributed by atoms with Crippen molar-refractivity contribution in [1.82, 2.24) is 10.2 Å². The van der Waals surface area contributed by atoms with E-state index in [9.17, 15) is 18.0 Å². The Morgan fingerprint density at radius 3 is 2.52 bits per heavy atom. The summed E-state index contributed by atoms with van der Waals surface area (Å²) < 4.78 is 39.4. The van der Waals surface area contributed by atoms with Crippen molar-refractivity contribution < 1.29 is 18.0 Å². The van der Waals surface area contributed by atoms with Gasteiger partial charge in [0.2, 0.25) is 5.91 Å². The van der Waals surface area contributed by atoms with E-state index < -0.39 is 17.7 Å². The Hall–Kier alpha value is -1.56. The van der Waals surface area contributed by atoms with Crippen molar-refractivity contribution in [3.8, 4) is 0 Å². The average Bonchev–Trinajstić information content (AvgIpc) is 2.59. The van der Waals surface area contributed by atoms with E-state index in [0.717, 1.165) is 32.0 Å². The van der Waals surface area contributed by atoms with Crippen LogP contribution in [0.5, 0.6) is 0 Å². The molecule has 1 unspecified atom stereocenters. The predicted octanol–water partition coefficient (Wildman–Crippen LogP) is 4.05. The largest absolute Gasteiger partial charge is 0.416 e. The van der Waals surface area contributed by atoms with Crippen LogP contribution in [-0.2, 0) is 11.0 Å². The number of rotatable bonds is 6. The lowest BCUT2D eigenvalue weighted by molar-refractivity contribution is -0.139. The van der Waals surface area contributed by atoms with Gasteiger partial charge in [-0.25, -0.2) is 0 Å². The zero-order chi connectivity index (χ0) is 18.4. The van der Waals surface area contributed by atoms with Gasteiger partial charge in [-0.1, -0.05) is 32.0 Å². The lowest BCUT2D eigenvalue weighted by atomic mass is 9.91. The van der Waals surface area contributed by atoms with Crippen molar-refractivity contribution in [2.24, 2.45) is 5.92 Å². The highest BCUT2D eigenvalue weighted by atomic mass is 19.4. The maximum atomic E-state index is 13.1. The van der Waals surface area contributed by atoms with E-state index in [1.807, 2.05) is 0 Å². The summed E-state index contributed by atoms with van der Waals surface area (Å²) in [6.45, 7) is 7.06. The number of carbonyl (C=O) groups excluding carboxylic acids is 1. The highest BCUT2D eigenvalue weighted by molar-refractivity contribution is 5.77. The molecule has 25 heavy (non-hydrogen) atoms. The molecule has 0 saturated carbocycles. The highest BCUT2D eigenvalue weighted by Gasteiger charge is 2.34. The Morgan fingerprint density at radius 1 is 1.28 bits per heavy atom. The normalized spacial score (nSPS) is 17.6. The number of halogens is 3. The van der Waals surface area contributed by atoms with Gasteiger partial charge in [0, 0.05) is 19.5 Å². The Kier molecular flexibility index (Phi) is 6.87. The number of amides is 1. The minimum atomic E-state index is -4.39. The SMILES string of the molecule is CCNCC1CCN(C(=O)CC(C)c2ccccc2C(F)(F)F)CC1. The molecule has 1 atom stereocenters. The quantitative estimate of drug-likeness (QED) is 0.834. The molecule has 1 aromatic carbocycles. The third-order valence-corrected chi connectivity index (χ3v) is 4.93. The number of benzene rings is 1. The molecule has 1 aromatic rings. The van der Waals surface area contributed by atoms with E-state index in [-0.39, 0.29) is 17.9 Å². The third-order valence-electron chi connectivity index (χ3n) is 4.93. The molecule has 1 aliphatic rings. The molecule has 0 bridgehead atoms. The highest BCUT2D eigenvalue weighted by Crippen LogP contribution is 2.36. The molecule has 1 N–H and O–H groups in total. The molecule has 1 saturated heterocycles. The molecule has 0 radical (unpaired) electrons. The van der Waals surface area contributed by atoms with Crippen LogP contribution in [0, 0.1) is 5.92 Å². The van der Waals surface area contributed by atoms with Crippen LogP contribution >= 0.6 is 0 Å². The van der Waals surface area contributed by atoms with Crippen LogP contribution in [0.2, 0.25) is 0 Å². The molecule has 1 heterocycles. The lowest BCUT2D eigenvalue weighted by Crippen LogP contribution is -2.41. The van der Waals surface area contributed by atoms with Gasteiger partial charge in [0.1, 0.15) is 0 Å². The van der Waals surface area contributed by atoms with E-state index in [0.29, 0.717) is 19.0 Å². The molecule has 3 nitrogen and oxygen atoms in total. The minimum absolute atomic E-state index is 0.0496. The average molecular weight is 356 g/mol. The fraction of sp³-hybridized carbons (Fsp3) is 0.632. The first-order valence-corrected chi connectivity index (χ1v) is 8.97. The number of likely N-dealkylation sites (tertiary alicyclic amines) is 1. The summed E-state index contributed by atoms with van der Waals surface area (Å²) in [7, 11) is 0. The summed E-state index contributed by atoms with van der Waals surface area (Å²) in [6.07, 6.45) is -2.37. The number of hydrogen-bond acceptors (Lipinski definition) is 2. The van der Waals surface area contributed by atoms with E-state index >= 15 is 0 Å². The van der Waals surface area contributed by atoms with E-state index in [1.165, 1.54) is 12.1 Å². The molecule has 1 amide bonds. The van der Waals surface area contributed by atoms with Crippen molar-refractivity contribution >= 4 is 5.91 Å². The number of alkyl halides is 3. The summed E-state index contributed by atoms with van der Waals surface area (Å²) in [5.74, 6) is 0.0727. The van der Waals surface area contributed by atoms with Crippen LogP contribution in [0.1, 0.15) is 50.2 Å². The summed E-state index contributed by atoms with van der Waals surface area (Å²) in [5, 5.41) is 3.33.